The van der Waals surface area contributed by atoms with Gasteiger partial charge in [0.05, 0.1) is 5.69 Å². The van der Waals surface area contributed by atoms with Crippen LogP contribution in [-0.4, -0.2) is 16.5 Å². The molecule has 0 radical (unpaired) electrons. The molecular formula is C15H18FN3. The average molecular weight is 259 g/mol. The van der Waals surface area contributed by atoms with Crippen molar-refractivity contribution in [3.63, 3.8) is 0 Å². The second-order valence-electron chi connectivity index (χ2n) is 4.64. The van der Waals surface area contributed by atoms with Crippen LogP contribution in [0.4, 0.5) is 10.2 Å². The molecule has 0 amide bonds. The summed E-state index contributed by atoms with van der Waals surface area (Å²) in [6.07, 6.45) is 2.54. The molecule has 4 heteroatoms. The fourth-order valence-electron chi connectivity index (χ4n) is 2.04. The second kappa shape index (κ2) is 5.78. The Labute approximate surface area is 112 Å². The molecule has 19 heavy (non-hydrogen) atoms. The first-order valence-electron chi connectivity index (χ1n) is 6.45. The number of aromatic nitrogens is 2. The SMILES string of the molecule is CCCNc1ncnc(-c2cc(C)cc(F)c2)c1C. The van der Waals surface area contributed by atoms with Gasteiger partial charge in [-0.3, -0.25) is 0 Å². The zero-order valence-corrected chi connectivity index (χ0v) is 11.5. The molecule has 0 aliphatic carbocycles. The summed E-state index contributed by atoms with van der Waals surface area (Å²) in [6, 6.07) is 4.95. The van der Waals surface area contributed by atoms with Crippen molar-refractivity contribution in [2.24, 2.45) is 0 Å². The molecule has 0 spiro atoms. The van der Waals surface area contributed by atoms with Crippen molar-refractivity contribution in [1.29, 1.82) is 0 Å². The van der Waals surface area contributed by atoms with Gasteiger partial charge < -0.3 is 5.32 Å². The van der Waals surface area contributed by atoms with Crippen molar-refractivity contribution < 1.29 is 4.39 Å². The quantitative estimate of drug-likeness (QED) is 0.909. The van der Waals surface area contributed by atoms with Crippen LogP contribution in [0.3, 0.4) is 0 Å². The van der Waals surface area contributed by atoms with Crippen molar-refractivity contribution in [3.05, 3.63) is 41.5 Å². The van der Waals surface area contributed by atoms with Gasteiger partial charge in [0.1, 0.15) is 18.0 Å². The van der Waals surface area contributed by atoms with Crippen molar-refractivity contribution in [2.45, 2.75) is 27.2 Å². The van der Waals surface area contributed by atoms with E-state index in [4.69, 9.17) is 0 Å². The monoisotopic (exact) mass is 259 g/mol. The maximum absolute atomic E-state index is 13.5. The largest absolute Gasteiger partial charge is 0.370 e. The predicted octanol–water partition coefficient (Wildman–Crippen LogP) is 3.72. The molecule has 2 aromatic rings. The predicted molar refractivity (Wildman–Crippen MR) is 75.7 cm³/mol. The Morgan fingerprint density at radius 3 is 2.63 bits per heavy atom. The first-order valence-corrected chi connectivity index (χ1v) is 6.45. The lowest BCUT2D eigenvalue weighted by Gasteiger charge is -2.11. The van der Waals surface area contributed by atoms with Crippen LogP contribution in [0.1, 0.15) is 24.5 Å². The van der Waals surface area contributed by atoms with E-state index in [2.05, 4.69) is 22.2 Å². The van der Waals surface area contributed by atoms with E-state index < -0.39 is 0 Å². The summed E-state index contributed by atoms with van der Waals surface area (Å²) in [5, 5.41) is 3.26. The van der Waals surface area contributed by atoms with Crippen LogP contribution in [0, 0.1) is 19.7 Å². The van der Waals surface area contributed by atoms with Gasteiger partial charge in [0.2, 0.25) is 0 Å². The zero-order valence-electron chi connectivity index (χ0n) is 11.5. The van der Waals surface area contributed by atoms with E-state index >= 15 is 0 Å². The van der Waals surface area contributed by atoms with Crippen molar-refractivity contribution in [3.8, 4) is 11.3 Å². The first kappa shape index (κ1) is 13.5. The molecule has 0 saturated heterocycles. The van der Waals surface area contributed by atoms with Crippen LogP contribution in [0.15, 0.2) is 24.5 Å². The van der Waals surface area contributed by atoms with Gasteiger partial charge in [-0.2, -0.15) is 0 Å². The molecule has 100 valence electrons. The van der Waals surface area contributed by atoms with Gasteiger partial charge in [-0.1, -0.05) is 6.92 Å². The number of nitrogens with one attached hydrogen (secondary N) is 1. The van der Waals surface area contributed by atoms with E-state index in [0.29, 0.717) is 0 Å². The number of aryl methyl sites for hydroxylation is 1. The summed E-state index contributed by atoms with van der Waals surface area (Å²) in [4.78, 5) is 8.51. The van der Waals surface area contributed by atoms with E-state index in [1.807, 2.05) is 19.9 Å². The number of benzene rings is 1. The Bertz CT molecular complexity index is 561. The van der Waals surface area contributed by atoms with Crippen molar-refractivity contribution in [1.82, 2.24) is 9.97 Å². The van der Waals surface area contributed by atoms with Crippen LogP contribution >= 0.6 is 0 Å². The lowest BCUT2D eigenvalue weighted by Crippen LogP contribution is -2.05. The summed E-state index contributed by atoms with van der Waals surface area (Å²) < 4.78 is 13.5. The molecule has 0 unspecified atom stereocenters. The summed E-state index contributed by atoms with van der Waals surface area (Å²) in [5.74, 6) is 0.574. The number of rotatable bonds is 4. The van der Waals surface area contributed by atoms with E-state index in [-0.39, 0.29) is 5.82 Å². The van der Waals surface area contributed by atoms with Crippen LogP contribution in [-0.2, 0) is 0 Å². The fraction of sp³-hybridized carbons (Fsp3) is 0.333. The maximum Gasteiger partial charge on any atom is 0.132 e. The third-order valence-corrected chi connectivity index (χ3v) is 2.94. The molecule has 1 N–H and O–H groups in total. The third kappa shape index (κ3) is 3.08. The van der Waals surface area contributed by atoms with Gasteiger partial charge in [-0.15, -0.1) is 0 Å². The number of halogens is 1. The highest BCUT2D eigenvalue weighted by Crippen LogP contribution is 2.26. The minimum absolute atomic E-state index is 0.240. The highest BCUT2D eigenvalue weighted by molar-refractivity contribution is 5.68. The molecule has 0 fully saturated rings. The Kier molecular flexibility index (Phi) is 4.10. The second-order valence-corrected chi connectivity index (χ2v) is 4.64. The highest BCUT2D eigenvalue weighted by Gasteiger charge is 2.10. The normalized spacial score (nSPS) is 10.5. The first-order chi connectivity index (χ1) is 9.11. The lowest BCUT2D eigenvalue weighted by atomic mass is 10.0. The fourth-order valence-corrected chi connectivity index (χ4v) is 2.04. The molecule has 0 aliphatic heterocycles. The molecular weight excluding hydrogens is 241 g/mol. The number of nitrogens with zero attached hydrogens (tertiary/aromatic N) is 2. The van der Waals surface area contributed by atoms with E-state index in [9.17, 15) is 4.39 Å². The summed E-state index contributed by atoms with van der Waals surface area (Å²) in [6.45, 7) is 6.78. The zero-order chi connectivity index (χ0) is 13.8. The average Bonchev–Trinajstić information content (AvgIpc) is 2.36. The summed E-state index contributed by atoms with van der Waals surface area (Å²) >= 11 is 0. The van der Waals surface area contributed by atoms with E-state index in [1.165, 1.54) is 18.5 Å². The molecule has 0 bridgehead atoms. The molecule has 3 nitrogen and oxygen atoms in total. The summed E-state index contributed by atoms with van der Waals surface area (Å²) in [5.41, 5.74) is 3.39. The molecule has 1 heterocycles. The van der Waals surface area contributed by atoms with Gasteiger partial charge in [-0.05, 0) is 44.0 Å². The van der Waals surface area contributed by atoms with E-state index in [1.54, 1.807) is 0 Å². The molecule has 1 aromatic heterocycles. The molecule has 0 saturated carbocycles. The summed E-state index contributed by atoms with van der Waals surface area (Å²) in [7, 11) is 0. The number of anilines is 1. The van der Waals surface area contributed by atoms with Crippen LogP contribution in [0.2, 0.25) is 0 Å². The number of hydrogen-bond donors (Lipinski definition) is 1. The van der Waals surface area contributed by atoms with Crippen LogP contribution < -0.4 is 5.32 Å². The van der Waals surface area contributed by atoms with Crippen molar-refractivity contribution >= 4 is 5.82 Å². The van der Waals surface area contributed by atoms with E-state index in [0.717, 1.165) is 41.2 Å². The Morgan fingerprint density at radius 1 is 1.16 bits per heavy atom. The van der Waals surface area contributed by atoms with Gasteiger partial charge in [0, 0.05) is 17.7 Å². The molecule has 0 aliphatic rings. The standard InChI is InChI=1S/C15H18FN3/c1-4-5-17-15-11(3)14(18-9-19-15)12-6-10(2)7-13(16)8-12/h6-9H,4-5H2,1-3H3,(H,17,18,19). The van der Waals surface area contributed by atoms with Gasteiger partial charge in [0.25, 0.3) is 0 Å². The van der Waals surface area contributed by atoms with Crippen LogP contribution in [0.25, 0.3) is 11.3 Å². The lowest BCUT2D eigenvalue weighted by molar-refractivity contribution is 0.627. The maximum atomic E-state index is 13.5. The Hall–Kier alpha value is -1.97. The number of hydrogen-bond acceptors (Lipinski definition) is 3. The minimum Gasteiger partial charge on any atom is -0.370 e. The van der Waals surface area contributed by atoms with Gasteiger partial charge in [-0.25, -0.2) is 14.4 Å². The molecule has 1 aromatic carbocycles. The third-order valence-electron chi connectivity index (χ3n) is 2.94. The van der Waals surface area contributed by atoms with Crippen molar-refractivity contribution in [2.75, 3.05) is 11.9 Å². The Balaban J connectivity index is 2.44. The van der Waals surface area contributed by atoms with Gasteiger partial charge >= 0.3 is 0 Å². The minimum atomic E-state index is -0.240. The van der Waals surface area contributed by atoms with Crippen LogP contribution in [0.5, 0.6) is 0 Å². The topological polar surface area (TPSA) is 37.8 Å². The molecule has 0 atom stereocenters. The van der Waals surface area contributed by atoms with Gasteiger partial charge in [0.15, 0.2) is 0 Å². The Morgan fingerprint density at radius 2 is 1.95 bits per heavy atom. The molecule has 2 rings (SSSR count). The smallest absolute Gasteiger partial charge is 0.132 e. The highest BCUT2D eigenvalue weighted by atomic mass is 19.1.